The number of rotatable bonds is 4. The van der Waals surface area contributed by atoms with Gasteiger partial charge in [-0.2, -0.15) is 0 Å². The van der Waals surface area contributed by atoms with Gasteiger partial charge in [0.15, 0.2) is 0 Å². The lowest BCUT2D eigenvalue weighted by atomic mass is 10.2. The van der Waals surface area contributed by atoms with E-state index in [-0.39, 0.29) is 0 Å². The first-order valence-electron chi connectivity index (χ1n) is 6.85. The van der Waals surface area contributed by atoms with E-state index in [1.54, 1.807) is 17.0 Å². The lowest BCUT2D eigenvalue weighted by Gasteiger charge is -2.27. The van der Waals surface area contributed by atoms with Crippen LogP contribution in [0.4, 0.5) is 5.69 Å². The maximum Gasteiger partial charge on any atom is 0.0696 e. The van der Waals surface area contributed by atoms with E-state index in [0.29, 0.717) is 15.1 Å². The van der Waals surface area contributed by atoms with Crippen LogP contribution in [-0.4, -0.2) is 4.57 Å². The van der Waals surface area contributed by atoms with Gasteiger partial charge in [0.25, 0.3) is 0 Å². The molecule has 0 fully saturated rings. The predicted octanol–water partition coefficient (Wildman–Crippen LogP) is 6.24. The van der Waals surface area contributed by atoms with Crippen LogP contribution < -0.4 is 4.90 Å². The van der Waals surface area contributed by atoms with Gasteiger partial charge in [-0.05, 0) is 30.3 Å². The lowest BCUT2D eigenvalue weighted by Crippen LogP contribution is -2.18. The Balaban J connectivity index is 0.00000116. The van der Waals surface area contributed by atoms with Gasteiger partial charge in [-0.15, -0.1) is 12.6 Å². The van der Waals surface area contributed by atoms with Crippen LogP contribution in [0.1, 0.15) is 19.5 Å². The summed E-state index contributed by atoms with van der Waals surface area (Å²) in [7, 11) is 1.95. The fourth-order valence-electron chi connectivity index (χ4n) is 1.98. The number of nitrogens with zero attached hydrogens (tertiary/aromatic N) is 2. The van der Waals surface area contributed by atoms with E-state index < -0.39 is 0 Å². The molecule has 1 aromatic carbocycles. The smallest absolute Gasteiger partial charge is 0.0696 e. The molecule has 0 aliphatic heterocycles. The first-order chi connectivity index (χ1) is 10.4. The summed E-state index contributed by atoms with van der Waals surface area (Å²) in [5.41, 5.74) is 2.43. The Hall–Kier alpha value is -1.29. The molecule has 0 unspecified atom stereocenters. The molecule has 0 atom stereocenters. The number of benzene rings is 1. The molecule has 0 saturated heterocycles. The van der Waals surface area contributed by atoms with Crippen molar-refractivity contribution < 1.29 is 0 Å². The van der Waals surface area contributed by atoms with Crippen molar-refractivity contribution in [2.24, 2.45) is 7.05 Å². The number of aromatic nitrogens is 1. The maximum atomic E-state index is 6.26. The van der Waals surface area contributed by atoms with Crippen LogP contribution in [0.3, 0.4) is 0 Å². The molecule has 1 heterocycles. The summed E-state index contributed by atoms with van der Waals surface area (Å²) in [6.07, 6.45) is 1.95. The van der Waals surface area contributed by atoms with E-state index in [4.69, 9.17) is 23.2 Å². The average Bonchev–Trinajstić information content (AvgIpc) is 2.89. The van der Waals surface area contributed by atoms with Crippen LogP contribution in [0, 0.1) is 0 Å². The zero-order valence-electron chi connectivity index (χ0n) is 13.0. The van der Waals surface area contributed by atoms with E-state index in [1.165, 1.54) is 0 Å². The Morgan fingerprint density at radius 1 is 1.18 bits per heavy atom. The van der Waals surface area contributed by atoms with Crippen molar-refractivity contribution in [2.75, 3.05) is 4.90 Å². The molecule has 0 amide bonds. The quantitative estimate of drug-likeness (QED) is 0.639. The van der Waals surface area contributed by atoms with Crippen molar-refractivity contribution in [1.29, 1.82) is 0 Å². The van der Waals surface area contributed by atoms with Crippen LogP contribution in [0.2, 0.25) is 10.0 Å². The number of aryl methyl sites for hydroxylation is 1. The predicted molar refractivity (Wildman–Crippen MR) is 103 cm³/mol. The molecule has 0 aliphatic carbocycles. The molecule has 118 valence electrons. The summed E-state index contributed by atoms with van der Waals surface area (Å²) in [6.45, 7) is 12.0. The molecule has 0 saturated carbocycles. The Labute approximate surface area is 148 Å². The van der Waals surface area contributed by atoms with Gasteiger partial charge in [0.2, 0.25) is 0 Å². The molecule has 1 aromatic heterocycles. The highest BCUT2D eigenvalue weighted by molar-refractivity contribution is 7.84. The summed E-state index contributed by atoms with van der Waals surface area (Å²) in [6, 6.07) is 9.19. The molecule has 0 spiro atoms. The van der Waals surface area contributed by atoms with Crippen molar-refractivity contribution in [2.45, 2.75) is 13.8 Å². The second kappa shape index (κ2) is 8.37. The van der Waals surface area contributed by atoms with Gasteiger partial charge in [0, 0.05) is 18.3 Å². The summed E-state index contributed by atoms with van der Waals surface area (Å²) in [5.74, 6) is 0. The van der Waals surface area contributed by atoms with Crippen LogP contribution in [-0.2, 0) is 7.05 Å². The minimum atomic E-state index is 0.517. The number of thiol groups is 1. The highest BCUT2D eigenvalue weighted by Gasteiger charge is 2.18. The fourth-order valence-corrected chi connectivity index (χ4v) is 2.70. The molecule has 0 N–H and O–H groups in total. The molecule has 22 heavy (non-hydrogen) atoms. The number of hydrogen-bond acceptors (Lipinski definition) is 2. The molecule has 0 radical (unpaired) electrons. The van der Waals surface area contributed by atoms with Crippen LogP contribution in [0.15, 0.2) is 54.7 Å². The molecule has 2 rings (SSSR count). The molecular formula is C17H20Cl2N2S. The molecule has 0 aliphatic rings. The summed E-state index contributed by atoms with van der Waals surface area (Å²) in [5, 5.41) is 1.62. The number of halogens is 2. The van der Waals surface area contributed by atoms with E-state index >= 15 is 0 Å². The molecule has 2 aromatic rings. The molecule has 2 nitrogen and oxygen atoms in total. The molecular weight excluding hydrogens is 335 g/mol. The standard InChI is InChI=1S/C15H14Cl2N2S.C2H6/c1-10(14-5-4-8-18(14)3)19(11(2)20)15-7-6-12(16)9-13(15)17;1-2/h4-9,20H,1-2H2,3H3;1-2H3. The monoisotopic (exact) mass is 354 g/mol. The summed E-state index contributed by atoms with van der Waals surface area (Å²) < 4.78 is 1.97. The van der Waals surface area contributed by atoms with Crippen molar-refractivity contribution in [3.8, 4) is 0 Å². The topological polar surface area (TPSA) is 8.17 Å². The van der Waals surface area contributed by atoms with E-state index in [0.717, 1.165) is 17.1 Å². The van der Waals surface area contributed by atoms with Gasteiger partial charge in [0.05, 0.1) is 27.1 Å². The normalized spacial score (nSPS) is 9.73. The summed E-state index contributed by atoms with van der Waals surface area (Å²) in [4.78, 5) is 1.79. The van der Waals surface area contributed by atoms with E-state index in [1.807, 2.05) is 49.9 Å². The third kappa shape index (κ3) is 4.13. The van der Waals surface area contributed by atoms with Gasteiger partial charge < -0.3 is 9.47 Å². The van der Waals surface area contributed by atoms with Gasteiger partial charge >= 0.3 is 0 Å². The largest absolute Gasteiger partial charge is 0.349 e. The number of hydrogen-bond donors (Lipinski definition) is 1. The first-order valence-corrected chi connectivity index (χ1v) is 8.06. The van der Waals surface area contributed by atoms with Crippen molar-refractivity contribution in [1.82, 2.24) is 4.57 Å². The average molecular weight is 355 g/mol. The number of anilines is 1. The third-order valence-electron chi connectivity index (χ3n) is 2.92. The second-order valence-corrected chi connectivity index (χ2v) is 5.66. The van der Waals surface area contributed by atoms with E-state index in [2.05, 4.69) is 25.8 Å². The van der Waals surface area contributed by atoms with Crippen molar-refractivity contribution in [3.63, 3.8) is 0 Å². The van der Waals surface area contributed by atoms with Crippen molar-refractivity contribution in [3.05, 3.63) is 70.5 Å². The molecule has 0 bridgehead atoms. The Morgan fingerprint density at radius 3 is 2.27 bits per heavy atom. The van der Waals surface area contributed by atoms with Gasteiger partial charge in [0.1, 0.15) is 0 Å². The lowest BCUT2D eigenvalue weighted by molar-refractivity contribution is 0.903. The fraction of sp³-hybridized carbons (Fsp3) is 0.176. The van der Waals surface area contributed by atoms with Gasteiger partial charge in [-0.1, -0.05) is 50.2 Å². The second-order valence-electron chi connectivity index (χ2n) is 4.30. The zero-order chi connectivity index (χ0) is 16.9. The maximum absolute atomic E-state index is 6.26. The highest BCUT2D eigenvalue weighted by Crippen LogP contribution is 2.36. The third-order valence-corrected chi connectivity index (χ3v) is 3.66. The van der Waals surface area contributed by atoms with Crippen LogP contribution in [0.5, 0.6) is 0 Å². The Morgan fingerprint density at radius 2 is 1.82 bits per heavy atom. The van der Waals surface area contributed by atoms with Gasteiger partial charge in [-0.25, -0.2) is 0 Å². The van der Waals surface area contributed by atoms with Crippen LogP contribution in [0.25, 0.3) is 5.70 Å². The Kier molecular flexibility index (Phi) is 7.14. The van der Waals surface area contributed by atoms with Gasteiger partial charge in [-0.3, -0.25) is 0 Å². The minimum absolute atomic E-state index is 0.517. The molecule has 5 heteroatoms. The van der Waals surface area contributed by atoms with Crippen LogP contribution >= 0.6 is 35.8 Å². The zero-order valence-corrected chi connectivity index (χ0v) is 15.4. The highest BCUT2D eigenvalue weighted by atomic mass is 35.5. The minimum Gasteiger partial charge on any atom is -0.349 e. The first kappa shape index (κ1) is 18.8. The van der Waals surface area contributed by atoms with Crippen molar-refractivity contribution >= 4 is 47.2 Å². The SMILES string of the molecule is C=C(S)N(C(=C)c1cccn1C)c1ccc(Cl)cc1Cl.CC. The van der Waals surface area contributed by atoms with E-state index in [9.17, 15) is 0 Å². The Bertz CT molecular complexity index is 677. The summed E-state index contributed by atoms with van der Waals surface area (Å²) >= 11 is 16.6.